The molecule has 0 aliphatic rings. The summed E-state index contributed by atoms with van der Waals surface area (Å²) in [5.74, 6) is 2.08. The SMILES string of the molecule is COc1ccc(C(C)(CN)C(C)C)c(OC)c1. The lowest BCUT2D eigenvalue weighted by molar-refractivity contribution is 0.322. The van der Waals surface area contributed by atoms with Crippen molar-refractivity contribution in [2.45, 2.75) is 26.2 Å². The molecule has 1 aromatic carbocycles. The summed E-state index contributed by atoms with van der Waals surface area (Å²) in [6.45, 7) is 7.11. The predicted molar refractivity (Wildman–Crippen MR) is 70.8 cm³/mol. The molecule has 0 fully saturated rings. The Balaban J connectivity index is 3.29. The van der Waals surface area contributed by atoms with Gasteiger partial charge in [0.1, 0.15) is 11.5 Å². The second-order valence-electron chi connectivity index (χ2n) is 4.84. The maximum Gasteiger partial charge on any atom is 0.126 e. The molecular formula is C14H23NO2. The first-order valence-corrected chi connectivity index (χ1v) is 5.92. The van der Waals surface area contributed by atoms with E-state index >= 15 is 0 Å². The number of nitrogens with two attached hydrogens (primary N) is 1. The van der Waals surface area contributed by atoms with E-state index in [1.54, 1.807) is 14.2 Å². The Morgan fingerprint density at radius 3 is 2.29 bits per heavy atom. The fourth-order valence-corrected chi connectivity index (χ4v) is 1.93. The van der Waals surface area contributed by atoms with E-state index < -0.39 is 0 Å². The first-order chi connectivity index (χ1) is 7.99. The third-order valence-electron chi connectivity index (χ3n) is 3.72. The molecule has 0 saturated heterocycles. The zero-order valence-corrected chi connectivity index (χ0v) is 11.4. The van der Waals surface area contributed by atoms with Gasteiger partial charge in [0.15, 0.2) is 0 Å². The van der Waals surface area contributed by atoms with Gasteiger partial charge in [-0.15, -0.1) is 0 Å². The van der Waals surface area contributed by atoms with E-state index in [4.69, 9.17) is 15.2 Å². The van der Waals surface area contributed by atoms with Gasteiger partial charge in [0.05, 0.1) is 14.2 Å². The fraction of sp³-hybridized carbons (Fsp3) is 0.571. The molecule has 0 aliphatic heterocycles. The van der Waals surface area contributed by atoms with Crippen LogP contribution in [-0.4, -0.2) is 20.8 Å². The molecule has 96 valence electrons. The van der Waals surface area contributed by atoms with Gasteiger partial charge in [-0.1, -0.05) is 26.8 Å². The van der Waals surface area contributed by atoms with Crippen molar-refractivity contribution in [3.05, 3.63) is 23.8 Å². The van der Waals surface area contributed by atoms with Gasteiger partial charge < -0.3 is 15.2 Å². The zero-order valence-electron chi connectivity index (χ0n) is 11.4. The Hall–Kier alpha value is -1.22. The molecule has 0 amide bonds. The molecule has 3 heteroatoms. The van der Waals surface area contributed by atoms with Crippen LogP contribution in [0.3, 0.4) is 0 Å². The van der Waals surface area contributed by atoms with E-state index in [9.17, 15) is 0 Å². The minimum absolute atomic E-state index is 0.0857. The van der Waals surface area contributed by atoms with Gasteiger partial charge in [0.2, 0.25) is 0 Å². The topological polar surface area (TPSA) is 44.5 Å². The highest BCUT2D eigenvalue weighted by Gasteiger charge is 2.31. The van der Waals surface area contributed by atoms with Crippen LogP contribution in [0.4, 0.5) is 0 Å². The van der Waals surface area contributed by atoms with Crippen molar-refractivity contribution in [3.63, 3.8) is 0 Å². The number of methoxy groups -OCH3 is 2. The highest BCUT2D eigenvalue weighted by Crippen LogP contribution is 2.38. The average Bonchev–Trinajstić information content (AvgIpc) is 2.36. The van der Waals surface area contributed by atoms with E-state index in [1.165, 1.54) is 0 Å². The highest BCUT2D eigenvalue weighted by molar-refractivity contribution is 5.45. The number of benzene rings is 1. The zero-order chi connectivity index (χ0) is 13.1. The number of hydrogen-bond donors (Lipinski definition) is 1. The molecule has 1 atom stereocenters. The van der Waals surface area contributed by atoms with Crippen LogP contribution < -0.4 is 15.2 Å². The standard InChI is InChI=1S/C14H23NO2/c1-10(2)14(3,9-15)12-7-6-11(16-4)8-13(12)17-5/h6-8,10H,9,15H2,1-5H3. The fourth-order valence-electron chi connectivity index (χ4n) is 1.93. The van der Waals surface area contributed by atoms with E-state index in [1.807, 2.05) is 18.2 Å². The molecule has 1 unspecified atom stereocenters. The first kappa shape index (κ1) is 13.8. The maximum atomic E-state index is 5.95. The summed E-state index contributed by atoms with van der Waals surface area (Å²) in [4.78, 5) is 0. The highest BCUT2D eigenvalue weighted by atomic mass is 16.5. The van der Waals surface area contributed by atoms with Crippen LogP contribution in [-0.2, 0) is 5.41 Å². The molecule has 0 aromatic heterocycles. The van der Waals surface area contributed by atoms with Crippen LogP contribution in [0.2, 0.25) is 0 Å². The van der Waals surface area contributed by atoms with Gasteiger partial charge in [0, 0.05) is 23.6 Å². The molecule has 0 aliphatic carbocycles. The van der Waals surface area contributed by atoms with Gasteiger partial charge in [-0.25, -0.2) is 0 Å². The lowest BCUT2D eigenvalue weighted by atomic mass is 9.73. The van der Waals surface area contributed by atoms with Crippen molar-refractivity contribution in [2.75, 3.05) is 20.8 Å². The molecule has 3 nitrogen and oxygen atoms in total. The van der Waals surface area contributed by atoms with E-state index in [0.29, 0.717) is 12.5 Å². The molecule has 0 bridgehead atoms. The monoisotopic (exact) mass is 237 g/mol. The molecule has 1 rings (SSSR count). The van der Waals surface area contributed by atoms with E-state index in [2.05, 4.69) is 20.8 Å². The normalized spacial score (nSPS) is 14.5. The minimum atomic E-state index is -0.0857. The van der Waals surface area contributed by atoms with Crippen molar-refractivity contribution in [3.8, 4) is 11.5 Å². The van der Waals surface area contributed by atoms with Gasteiger partial charge in [0.25, 0.3) is 0 Å². The van der Waals surface area contributed by atoms with E-state index in [0.717, 1.165) is 17.1 Å². The number of hydrogen-bond acceptors (Lipinski definition) is 3. The van der Waals surface area contributed by atoms with Crippen LogP contribution in [0.5, 0.6) is 11.5 Å². The van der Waals surface area contributed by atoms with Gasteiger partial charge >= 0.3 is 0 Å². The summed E-state index contributed by atoms with van der Waals surface area (Å²) >= 11 is 0. The average molecular weight is 237 g/mol. The Morgan fingerprint density at radius 2 is 1.88 bits per heavy atom. The van der Waals surface area contributed by atoms with Gasteiger partial charge in [-0.05, 0) is 12.0 Å². The summed E-state index contributed by atoms with van der Waals surface area (Å²) in [6.07, 6.45) is 0. The Labute approximate surface area is 104 Å². The predicted octanol–water partition coefficient (Wildman–Crippen LogP) is 2.58. The second kappa shape index (κ2) is 5.41. The molecule has 0 spiro atoms. The second-order valence-corrected chi connectivity index (χ2v) is 4.84. The minimum Gasteiger partial charge on any atom is -0.497 e. The number of rotatable bonds is 5. The quantitative estimate of drug-likeness (QED) is 0.856. The third kappa shape index (κ3) is 2.55. The number of ether oxygens (including phenoxy) is 2. The van der Waals surface area contributed by atoms with Crippen LogP contribution >= 0.6 is 0 Å². The van der Waals surface area contributed by atoms with Gasteiger partial charge in [-0.2, -0.15) is 0 Å². The summed E-state index contributed by atoms with van der Waals surface area (Å²) in [6, 6.07) is 5.91. The first-order valence-electron chi connectivity index (χ1n) is 5.92. The van der Waals surface area contributed by atoms with Crippen molar-refractivity contribution in [1.29, 1.82) is 0 Å². The largest absolute Gasteiger partial charge is 0.497 e. The van der Waals surface area contributed by atoms with Crippen molar-refractivity contribution < 1.29 is 9.47 Å². The van der Waals surface area contributed by atoms with Crippen LogP contribution in [0.25, 0.3) is 0 Å². The van der Waals surface area contributed by atoms with Crippen molar-refractivity contribution >= 4 is 0 Å². The lowest BCUT2D eigenvalue weighted by Crippen LogP contribution is -2.37. The Kier molecular flexibility index (Phi) is 4.40. The van der Waals surface area contributed by atoms with Crippen LogP contribution in [0, 0.1) is 5.92 Å². The molecule has 2 N–H and O–H groups in total. The molecule has 0 heterocycles. The Morgan fingerprint density at radius 1 is 1.24 bits per heavy atom. The summed E-state index contributed by atoms with van der Waals surface area (Å²) in [5.41, 5.74) is 7.00. The lowest BCUT2D eigenvalue weighted by Gasteiger charge is -2.34. The summed E-state index contributed by atoms with van der Waals surface area (Å²) < 4.78 is 10.7. The van der Waals surface area contributed by atoms with Crippen LogP contribution in [0.1, 0.15) is 26.3 Å². The van der Waals surface area contributed by atoms with Crippen molar-refractivity contribution in [2.24, 2.45) is 11.7 Å². The van der Waals surface area contributed by atoms with E-state index in [-0.39, 0.29) is 5.41 Å². The molecular weight excluding hydrogens is 214 g/mol. The molecule has 0 saturated carbocycles. The Bertz CT molecular complexity index is 376. The van der Waals surface area contributed by atoms with Gasteiger partial charge in [-0.3, -0.25) is 0 Å². The molecule has 17 heavy (non-hydrogen) atoms. The summed E-state index contributed by atoms with van der Waals surface area (Å²) in [5, 5.41) is 0. The summed E-state index contributed by atoms with van der Waals surface area (Å²) in [7, 11) is 3.33. The molecule has 0 radical (unpaired) electrons. The third-order valence-corrected chi connectivity index (χ3v) is 3.72. The molecule has 1 aromatic rings. The smallest absolute Gasteiger partial charge is 0.126 e. The maximum absolute atomic E-state index is 5.95. The van der Waals surface area contributed by atoms with Crippen molar-refractivity contribution in [1.82, 2.24) is 0 Å². The van der Waals surface area contributed by atoms with Crippen LogP contribution in [0.15, 0.2) is 18.2 Å².